The van der Waals surface area contributed by atoms with Crippen molar-refractivity contribution in [1.82, 2.24) is 14.1 Å². The van der Waals surface area contributed by atoms with Crippen molar-refractivity contribution in [1.29, 1.82) is 0 Å². The molecular formula is C13H23N3O5S. The zero-order valence-corrected chi connectivity index (χ0v) is 13.6. The van der Waals surface area contributed by atoms with E-state index in [0.717, 1.165) is 25.5 Å². The standard InChI is InChI=1S/C13H23N3O5S/c1-22(19,20)16(9-12-3-2-8-21-12)10-13(18)15-6-4-14(11-17)5-7-15/h11-12H,2-10H2,1H3. The molecule has 9 heteroatoms. The summed E-state index contributed by atoms with van der Waals surface area (Å²) in [6.45, 7) is 2.55. The molecule has 1 unspecified atom stereocenters. The molecule has 0 saturated carbocycles. The Balaban J connectivity index is 1.91. The molecule has 0 aliphatic carbocycles. The van der Waals surface area contributed by atoms with Crippen molar-refractivity contribution < 1.29 is 22.7 Å². The van der Waals surface area contributed by atoms with Crippen molar-refractivity contribution in [3.63, 3.8) is 0 Å². The van der Waals surface area contributed by atoms with Gasteiger partial charge in [-0.25, -0.2) is 8.42 Å². The molecule has 0 spiro atoms. The number of nitrogens with zero attached hydrogens (tertiary/aromatic N) is 3. The molecule has 2 heterocycles. The Morgan fingerprint density at radius 3 is 2.50 bits per heavy atom. The maximum Gasteiger partial charge on any atom is 0.238 e. The summed E-state index contributed by atoms with van der Waals surface area (Å²) in [7, 11) is -3.46. The second-order valence-electron chi connectivity index (χ2n) is 5.71. The average molecular weight is 333 g/mol. The molecule has 0 aromatic heterocycles. The number of carbonyl (C=O) groups excluding carboxylic acids is 2. The Bertz CT molecular complexity index is 496. The van der Waals surface area contributed by atoms with E-state index in [1.807, 2.05) is 0 Å². The van der Waals surface area contributed by atoms with Gasteiger partial charge < -0.3 is 14.5 Å². The minimum absolute atomic E-state index is 0.130. The summed E-state index contributed by atoms with van der Waals surface area (Å²) >= 11 is 0. The lowest BCUT2D eigenvalue weighted by atomic mass is 10.2. The molecule has 2 amide bonds. The monoisotopic (exact) mass is 333 g/mol. The lowest BCUT2D eigenvalue weighted by Crippen LogP contribution is -2.52. The Morgan fingerprint density at radius 1 is 1.32 bits per heavy atom. The van der Waals surface area contributed by atoms with Gasteiger partial charge in [-0.3, -0.25) is 9.59 Å². The van der Waals surface area contributed by atoms with Crippen LogP contribution in [0.2, 0.25) is 0 Å². The highest BCUT2D eigenvalue weighted by molar-refractivity contribution is 7.88. The van der Waals surface area contributed by atoms with E-state index >= 15 is 0 Å². The van der Waals surface area contributed by atoms with Crippen molar-refractivity contribution in [3.05, 3.63) is 0 Å². The summed E-state index contributed by atoms with van der Waals surface area (Å²) in [5, 5.41) is 0. The highest BCUT2D eigenvalue weighted by Crippen LogP contribution is 2.15. The Kier molecular flexibility index (Phi) is 5.76. The molecule has 0 bridgehead atoms. The lowest BCUT2D eigenvalue weighted by molar-refractivity contribution is -0.135. The number of rotatable bonds is 6. The molecule has 2 aliphatic heterocycles. The van der Waals surface area contributed by atoms with E-state index in [1.54, 1.807) is 9.80 Å². The molecule has 0 aromatic carbocycles. The van der Waals surface area contributed by atoms with E-state index in [4.69, 9.17) is 4.74 Å². The van der Waals surface area contributed by atoms with Gasteiger partial charge in [0, 0.05) is 39.3 Å². The van der Waals surface area contributed by atoms with Crippen LogP contribution in [0.25, 0.3) is 0 Å². The van der Waals surface area contributed by atoms with Crippen LogP contribution < -0.4 is 0 Å². The predicted molar refractivity (Wildman–Crippen MR) is 79.6 cm³/mol. The summed E-state index contributed by atoms with van der Waals surface area (Å²) < 4.78 is 30.4. The third-order valence-corrected chi connectivity index (χ3v) is 5.24. The Labute approximate surface area is 131 Å². The number of piperazine rings is 1. The van der Waals surface area contributed by atoms with Gasteiger partial charge in [-0.05, 0) is 12.8 Å². The summed E-state index contributed by atoms with van der Waals surface area (Å²) in [5.41, 5.74) is 0. The Morgan fingerprint density at radius 2 is 2.00 bits per heavy atom. The zero-order chi connectivity index (χ0) is 16.2. The molecule has 22 heavy (non-hydrogen) atoms. The molecule has 0 N–H and O–H groups in total. The molecule has 2 fully saturated rings. The molecule has 126 valence electrons. The van der Waals surface area contributed by atoms with Crippen molar-refractivity contribution in [2.75, 3.05) is 52.1 Å². The minimum Gasteiger partial charge on any atom is -0.377 e. The van der Waals surface area contributed by atoms with Crippen LogP contribution in [0.5, 0.6) is 0 Å². The van der Waals surface area contributed by atoms with E-state index in [9.17, 15) is 18.0 Å². The molecular weight excluding hydrogens is 310 g/mol. The lowest BCUT2D eigenvalue weighted by Gasteiger charge is -2.34. The van der Waals surface area contributed by atoms with Gasteiger partial charge in [0.1, 0.15) is 0 Å². The average Bonchev–Trinajstić information content (AvgIpc) is 2.98. The fourth-order valence-electron chi connectivity index (χ4n) is 2.66. The highest BCUT2D eigenvalue weighted by Gasteiger charge is 2.29. The fourth-order valence-corrected chi connectivity index (χ4v) is 3.44. The first-order chi connectivity index (χ1) is 10.4. The van der Waals surface area contributed by atoms with Gasteiger partial charge in [-0.1, -0.05) is 0 Å². The van der Waals surface area contributed by atoms with E-state index in [1.165, 1.54) is 4.31 Å². The predicted octanol–water partition coefficient (Wildman–Crippen LogP) is -1.27. The van der Waals surface area contributed by atoms with Crippen LogP contribution >= 0.6 is 0 Å². The van der Waals surface area contributed by atoms with Crippen LogP contribution in [0, 0.1) is 0 Å². The summed E-state index contributed by atoms with van der Waals surface area (Å²) in [4.78, 5) is 26.2. The van der Waals surface area contributed by atoms with Gasteiger partial charge in [0.15, 0.2) is 0 Å². The fraction of sp³-hybridized carbons (Fsp3) is 0.846. The van der Waals surface area contributed by atoms with E-state index in [-0.39, 0.29) is 25.1 Å². The third-order valence-electron chi connectivity index (χ3n) is 4.03. The number of sulfonamides is 1. The van der Waals surface area contributed by atoms with Crippen LogP contribution in [0.15, 0.2) is 0 Å². The first-order valence-corrected chi connectivity index (χ1v) is 9.29. The number of carbonyl (C=O) groups is 2. The molecule has 0 radical (unpaired) electrons. The van der Waals surface area contributed by atoms with Crippen molar-refractivity contribution in [2.24, 2.45) is 0 Å². The second kappa shape index (κ2) is 7.38. The topological polar surface area (TPSA) is 87.2 Å². The minimum atomic E-state index is -3.46. The second-order valence-corrected chi connectivity index (χ2v) is 7.70. The molecule has 8 nitrogen and oxygen atoms in total. The SMILES string of the molecule is CS(=O)(=O)N(CC(=O)N1CCN(C=O)CC1)CC1CCCO1. The van der Waals surface area contributed by atoms with Crippen LogP contribution in [0.4, 0.5) is 0 Å². The largest absolute Gasteiger partial charge is 0.377 e. The zero-order valence-electron chi connectivity index (χ0n) is 12.8. The van der Waals surface area contributed by atoms with Gasteiger partial charge in [-0.15, -0.1) is 0 Å². The van der Waals surface area contributed by atoms with E-state index in [0.29, 0.717) is 32.8 Å². The van der Waals surface area contributed by atoms with Crippen molar-refractivity contribution in [3.8, 4) is 0 Å². The van der Waals surface area contributed by atoms with Crippen LogP contribution in [-0.2, 0) is 24.3 Å². The molecule has 1 atom stereocenters. The van der Waals surface area contributed by atoms with Gasteiger partial charge in [0.25, 0.3) is 0 Å². The van der Waals surface area contributed by atoms with Gasteiger partial charge in [0.05, 0.1) is 18.9 Å². The molecule has 2 rings (SSSR count). The Hall–Kier alpha value is -1.19. The third kappa shape index (κ3) is 4.65. The maximum absolute atomic E-state index is 12.3. The van der Waals surface area contributed by atoms with Gasteiger partial charge in [-0.2, -0.15) is 4.31 Å². The first kappa shape index (κ1) is 17.2. The highest BCUT2D eigenvalue weighted by atomic mass is 32.2. The number of hydrogen-bond acceptors (Lipinski definition) is 5. The van der Waals surface area contributed by atoms with E-state index in [2.05, 4.69) is 0 Å². The van der Waals surface area contributed by atoms with Crippen LogP contribution in [0.1, 0.15) is 12.8 Å². The quantitative estimate of drug-likeness (QED) is 0.566. The smallest absolute Gasteiger partial charge is 0.238 e. The number of amides is 2. The van der Waals surface area contributed by atoms with Crippen molar-refractivity contribution >= 4 is 22.3 Å². The van der Waals surface area contributed by atoms with E-state index < -0.39 is 10.0 Å². The summed E-state index contributed by atoms with van der Waals surface area (Å²) in [6, 6.07) is 0. The van der Waals surface area contributed by atoms with Crippen LogP contribution in [-0.4, -0.2) is 93.1 Å². The van der Waals surface area contributed by atoms with Gasteiger partial charge in [0.2, 0.25) is 22.3 Å². The number of hydrogen-bond donors (Lipinski definition) is 0. The molecule has 0 aromatic rings. The first-order valence-electron chi connectivity index (χ1n) is 7.44. The van der Waals surface area contributed by atoms with Crippen molar-refractivity contribution in [2.45, 2.75) is 18.9 Å². The number of ether oxygens (including phenoxy) is 1. The maximum atomic E-state index is 12.3. The molecule has 2 aliphatic rings. The normalized spacial score (nSPS) is 23.1. The van der Waals surface area contributed by atoms with Gasteiger partial charge >= 0.3 is 0 Å². The summed E-state index contributed by atoms with van der Waals surface area (Å²) in [6.07, 6.45) is 3.48. The molecule has 2 saturated heterocycles. The van der Waals surface area contributed by atoms with Crippen LogP contribution in [0.3, 0.4) is 0 Å². The summed E-state index contributed by atoms with van der Waals surface area (Å²) in [5.74, 6) is -0.228.